The number of hydrogen-bond acceptors (Lipinski definition) is 2. The Morgan fingerprint density at radius 1 is 1.70 bits per heavy atom. The van der Waals surface area contributed by atoms with E-state index in [1.165, 1.54) is 0 Å². The average Bonchev–Trinajstić information content (AvgIpc) is 1.87. The normalized spacial score (nSPS) is 10.2. The molecular formula is C7H11ClO2. The summed E-state index contributed by atoms with van der Waals surface area (Å²) in [7, 11) is 0. The minimum atomic E-state index is -0.722. The number of unbranched alkanes of at least 4 members (excludes halogenated alkanes) is 1. The topological polar surface area (TPSA) is 26.3 Å². The number of carbonyl (C=O) groups excluding carboxylic acids is 1. The number of rotatable bonds is 4. The Kier molecular flexibility index (Phi) is 6.29. The second kappa shape index (κ2) is 6.62. The zero-order valence-electron chi connectivity index (χ0n) is 5.97. The van der Waals surface area contributed by atoms with Gasteiger partial charge in [-0.3, -0.25) is 0 Å². The third-order valence-corrected chi connectivity index (χ3v) is 1.08. The maximum Gasteiger partial charge on any atom is 0.403 e. The zero-order valence-corrected chi connectivity index (χ0v) is 6.73. The summed E-state index contributed by atoms with van der Waals surface area (Å²) in [6.45, 7) is 2.36. The molecule has 3 heteroatoms. The van der Waals surface area contributed by atoms with Gasteiger partial charge >= 0.3 is 5.43 Å². The Morgan fingerprint density at radius 2 is 2.40 bits per heavy atom. The maximum atomic E-state index is 10.0. The fraction of sp³-hybridized carbons (Fsp3) is 0.571. The highest BCUT2D eigenvalue weighted by Crippen LogP contribution is 1.94. The number of allylic oxidation sites excluding steroid dienone is 2. The van der Waals surface area contributed by atoms with Gasteiger partial charge in [0, 0.05) is 11.6 Å². The predicted octanol–water partition coefficient (Wildman–Crippen LogP) is 2.72. The lowest BCUT2D eigenvalue weighted by Gasteiger charge is -1.95. The first-order valence-electron chi connectivity index (χ1n) is 3.20. The monoisotopic (exact) mass is 162 g/mol. The van der Waals surface area contributed by atoms with Crippen LogP contribution in [0.1, 0.15) is 19.8 Å². The molecule has 0 radical (unpaired) electrons. The van der Waals surface area contributed by atoms with E-state index < -0.39 is 5.43 Å². The van der Waals surface area contributed by atoms with E-state index in [-0.39, 0.29) is 0 Å². The summed E-state index contributed by atoms with van der Waals surface area (Å²) in [5.74, 6) is 0. The molecule has 0 aromatic rings. The van der Waals surface area contributed by atoms with Crippen LogP contribution < -0.4 is 0 Å². The van der Waals surface area contributed by atoms with Crippen molar-refractivity contribution in [2.75, 3.05) is 6.61 Å². The van der Waals surface area contributed by atoms with Gasteiger partial charge in [-0.25, -0.2) is 4.79 Å². The summed E-state index contributed by atoms with van der Waals surface area (Å²) >= 11 is 4.91. The van der Waals surface area contributed by atoms with Crippen molar-refractivity contribution in [3.8, 4) is 0 Å². The van der Waals surface area contributed by atoms with Crippen molar-refractivity contribution in [1.29, 1.82) is 0 Å². The first-order chi connectivity index (χ1) is 4.77. The molecule has 0 fully saturated rings. The van der Waals surface area contributed by atoms with Crippen molar-refractivity contribution >= 4 is 17.0 Å². The van der Waals surface area contributed by atoms with Crippen LogP contribution in [0.3, 0.4) is 0 Å². The van der Waals surface area contributed by atoms with Crippen LogP contribution in [0.15, 0.2) is 12.2 Å². The van der Waals surface area contributed by atoms with Crippen molar-refractivity contribution in [1.82, 2.24) is 0 Å². The molecule has 0 saturated carbocycles. The molecule has 0 amide bonds. The van der Waals surface area contributed by atoms with E-state index in [9.17, 15) is 4.79 Å². The van der Waals surface area contributed by atoms with E-state index in [4.69, 9.17) is 11.6 Å². The average molecular weight is 163 g/mol. The van der Waals surface area contributed by atoms with Gasteiger partial charge in [0.1, 0.15) is 0 Å². The number of ether oxygens (including phenoxy) is 1. The van der Waals surface area contributed by atoms with E-state index in [0.29, 0.717) is 6.61 Å². The molecule has 0 atom stereocenters. The van der Waals surface area contributed by atoms with Gasteiger partial charge in [-0.15, -0.1) is 0 Å². The molecule has 0 aliphatic rings. The first-order valence-corrected chi connectivity index (χ1v) is 3.58. The van der Waals surface area contributed by atoms with E-state index >= 15 is 0 Å². The summed E-state index contributed by atoms with van der Waals surface area (Å²) in [5.41, 5.74) is -0.722. The number of carbonyl (C=O) groups is 1. The maximum absolute atomic E-state index is 10.0. The van der Waals surface area contributed by atoms with E-state index in [1.807, 2.05) is 19.1 Å². The largest absolute Gasteiger partial charge is 0.454 e. The van der Waals surface area contributed by atoms with Crippen LogP contribution in [0.5, 0.6) is 0 Å². The van der Waals surface area contributed by atoms with Crippen LogP contribution in [0, 0.1) is 0 Å². The summed E-state index contributed by atoms with van der Waals surface area (Å²) in [5, 5.41) is 0. The third-order valence-electron chi connectivity index (χ3n) is 0.966. The molecule has 0 N–H and O–H groups in total. The zero-order chi connectivity index (χ0) is 7.82. The minimum Gasteiger partial charge on any atom is -0.454 e. The fourth-order valence-electron chi connectivity index (χ4n) is 0.520. The quantitative estimate of drug-likeness (QED) is 0.361. The first kappa shape index (κ1) is 9.50. The van der Waals surface area contributed by atoms with Crippen molar-refractivity contribution < 1.29 is 9.53 Å². The highest BCUT2D eigenvalue weighted by Gasteiger charge is 1.92. The lowest BCUT2D eigenvalue weighted by atomic mass is 10.3. The minimum absolute atomic E-state index is 0.409. The molecule has 0 heterocycles. The Balaban J connectivity index is 2.98. The van der Waals surface area contributed by atoms with Gasteiger partial charge in [0.15, 0.2) is 0 Å². The van der Waals surface area contributed by atoms with Crippen molar-refractivity contribution in [2.45, 2.75) is 19.8 Å². The van der Waals surface area contributed by atoms with Gasteiger partial charge in [0.2, 0.25) is 0 Å². The van der Waals surface area contributed by atoms with E-state index in [2.05, 4.69) is 4.74 Å². The second-order valence-electron chi connectivity index (χ2n) is 1.80. The van der Waals surface area contributed by atoms with Gasteiger partial charge in [0.25, 0.3) is 0 Å². The molecule has 58 valence electrons. The molecule has 0 aliphatic heterocycles. The van der Waals surface area contributed by atoms with Crippen molar-refractivity contribution in [2.24, 2.45) is 0 Å². The molecule has 0 aromatic heterocycles. The lowest BCUT2D eigenvalue weighted by molar-refractivity contribution is 0.172. The Bertz CT molecular complexity index is 121. The molecule has 0 saturated heterocycles. The summed E-state index contributed by atoms with van der Waals surface area (Å²) < 4.78 is 4.48. The van der Waals surface area contributed by atoms with Gasteiger partial charge in [0.05, 0.1) is 6.61 Å². The number of hydrogen-bond donors (Lipinski definition) is 0. The van der Waals surface area contributed by atoms with Gasteiger partial charge in [-0.2, -0.15) is 0 Å². The summed E-state index contributed by atoms with van der Waals surface area (Å²) in [6.07, 6.45) is 5.74. The molecular weight excluding hydrogens is 152 g/mol. The van der Waals surface area contributed by atoms with Gasteiger partial charge < -0.3 is 4.74 Å². The highest BCUT2D eigenvalue weighted by molar-refractivity contribution is 6.61. The standard InChI is InChI=1S/C7H11ClO2/c1-2-3-4-5-6-10-7(8)9/h2-3H,4-6H2,1H3/b3-2+. The van der Waals surface area contributed by atoms with Crippen LogP contribution in [0.25, 0.3) is 0 Å². The van der Waals surface area contributed by atoms with Crippen LogP contribution in [0.2, 0.25) is 0 Å². The highest BCUT2D eigenvalue weighted by atomic mass is 35.5. The lowest BCUT2D eigenvalue weighted by Crippen LogP contribution is -1.95. The summed E-state index contributed by atoms with van der Waals surface area (Å²) in [4.78, 5) is 10.0. The Hall–Kier alpha value is -0.500. The van der Waals surface area contributed by atoms with Gasteiger partial charge in [-0.05, 0) is 19.8 Å². The molecule has 0 spiro atoms. The molecule has 0 aromatic carbocycles. The third kappa shape index (κ3) is 7.50. The van der Waals surface area contributed by atoms with Crippen LogP contribution >= 0.6 is 11.6 Å². The summed E-state index contributed by atoms with van der Waals surface area (Å²) in [6, 6.07) is 0. The predicted molar refractivity (Wildman–Crippen MR) is 41.2 cm³/mol. The fourth-order valence-corrected chi connectivity index (χ4v) is 0.597. The Labute approximate surface area is 65.8 Å². The van der Waals surface area contributed by atoms with Crippen molar-refractivity contribution in [3.05, 3.63) is 12.2 Å². The molecule has 0 aliphatic carbocycles. The van der Waals surface area contributed by atoms with Crippen LogP contribution in [0.4, 0.5) is 4.79 Å². The molecule has 2 nitrogen and oxygen atoms in total. The van der Waals surface area contributed by atoms with Crippen LogP contribution in [-0.4, -0.2) is 12.0 Å². The molecule has 0 unspecified atom stereocenters. The number of halogens is 1. The SMILES string of the molecule is C/C=C/CCCOC(=O)Cl. The van der Waals surface area contributed by atoms with E-state index in [0.717, 1.165) is 12.8 Å². The molecule has 0 bridgehead atoms. The van der Waals surface area contributed by atoms with Gasteiger partial charge in [-0.1, -0.05) is 12.2 Å². The smallest absolute Gasteiger partial charge is 0.403 e. The second-order valence-corrected chi connectivity index (χ2v) is 2.11. The molecule has 0 rings (SSSR count). The molecule has 10 heavy (non-hydrogen) atoms. The van der Waals surface area contributed by atoms with E-state index in [1.54, 1.807) is 0 Å². The Morgan fingerprint density at radius 3 is 2.90 bits per heavy atom. The van der Waals surface area contributed by atoms with Crippen LogP contribution in [-0.2, 0) is 4.74 Å². The van der Waals surface area contributed by atoms with Crippen molar-refractivity contribution in [3.63, 3.8) is 0 Å².